The molecule has 0 spiro atoms. The third-order valence-corrected chi connectivity index (χ3v) is 4.83. The molecule has 0 aromatic rings. The second kappa shape index (κ2) is 5.63. The lowest BCUT2D eigenvalue weighted by Gasteiger charge is -2.31. The first kappa shape index (κ1) is 14.2. The summed E-state index contributed by atoms with van der Waals surface area (Å²) in [6.07, 6.45) is -0.202. The first-order valence-electron chi connectivity index (χ1n) is 5.78. The largest absolute Gasteiger partial charge is 0.402 e. The smallest absolute Gasteiger partial charge is 0.327 e. The van der Waals surface area contributed by atoms with Gasteiger partial charge >= 0.3 is 6.18 Å². The summed E-state index contributed by atoms with van der Waals surface area (Å²) in [7, 11) is 0. The molecule has 1 fully saturated rings. The highest BCUT2D eigenvalue weighted by atomic mass is 32.2. The van der Waals surface area contributed by atoms with E-state index >= 15 is 0 Å². The van der Waals surface area contributed by atoms with Gasteiger partial charge in [0.2, 0.25) is 0 Å². The van der Waals surface area contributed by atoms with Crippen molar-refractivity contribution in [2.75, 3.05) is 0 Å². The Morgan fingerprint density at radius 3 is 2.38 bits per heavy atom. The van der Waals surface area contributed by atoms with E-state index in [-0.39, 0.29) is 5.25 Å². The maximum atomic E-state index is 12.7. The summed E-state index contributed by atoms with van der Waals surface area (Å²) in [6.45, 7) is 3.55. The molecule has 0 aromatic heterocycles. The summed E-state index contributed by atoms with van der Waals surface area (Å²) >= 11 is 1.03. The van der Waals surface area contributed by atoms with E-state index in [4.69, 9.17) is 5.73 Å². The molecule has 0 radical (unpaired) electrons. The van der Waals surface area contributed by atoms with Crippen LogP contribution in [0.15, 0.2) is 0 Å². The van der Waals surface area contributed by atoms with Crippen LogP contribution in [0.3, 0.4) is 0 Å². The number of nitrogens with two attached hydrogens (primary N) is 1. The van der Waals surface area contributed by atoms with Crippen LogP contribution in [0.25, 0.3) is 0 Å². The zero-order chi connectivity index (χ0) is 12.3. The number of hydrogen-bond acceptors (Lipinski definition) is 2. The highest BCUT2D eigenvalue weighted by molar-refractivity contribution is 8.00. The Morgan fingerprint density at radius 2 is 1.94 bits per heavy atom. The fourth-order valence-corrected chi connectivity index (χ4v) is 3.77. The lowest BCUT2D eigenvalue weighted by molar-refractivity contribution is -0.131. The normalized spacial score (nSPS) is 31.1. The van der Waals surface area contributed by atoms with Gasteiger partial charge in [0.05, 0.1) is 0 Å². The molecule has 0 aliphatic heterocycles. The Labute approximate surface area is 99.3 Å². The molecule has 1 rings (SSSR count). The van der Waals surface area contributed by atoms with Crippen LogP contribution in [0.2, 0.25) is 0 Å². The van der Waals surface area contributed by atoms with Gasteiger partial charge in [-0.2, -0.15) is 13.2 Å². The minimum absolute atomic E-state index is 0.126. The van der Waals surface area contributed by atoms with E-state index in [0.717, 1.165) is 37.4 Å². The van der Waals surface area contributed by atoms with Crippen LogP contribution in [0, 0.1) is 5.92 Å². The van der Waals surface area contributed by atoms with Crippen LogP contribution < -0.4 is 5.73 Å². The topological polar surface area (TPSA) is 26.0 Å². The maximum Gasteiger partial charge on any atom is 0.402 e. The molecular weight excluding hydrogens is 235 g/mol. The van der Waals surface area contributed by atoms with Crippen molar-refractivity contribution in [2.45, 2.75) is 62.2 Å². The van der Waals surface area contributed by atoms with Crippen molar-refractivity contribution >= 4 is 11.8 Å². The predicted molar refractivity (Wildman–Crippen MR) is 62.5 cm³/mol. The van der Waals surface area contributed by atoms with Gasteiger partial charge in [-0.25, -0.2) is 0 Å². The van der Waals surface area contributed by atoms with Crippen LogP contribution in [0.4, 0.5) is 13.2 Å². The Morgan fingerprint density at radius 1 is 1.31 bits per heavy atom. The molecule has 1 aliphatic rings. The summed E-state index contributed by atoms with van der Waals surface area (Å²) < 4.78 is 38.2. The zero-order valence-electron chi connectivity index (χ0n) is 9.76. The van der Waals surface area contributed by atoms with Crippen LogP contribution >= 0.6 is 11.8 Å². The molecule has 4 unspecified atom stereocenters. The third-order valence-electron chi connectivity index (χ3n) is 3.03. The monoisotopic (exact) mass is 255 g/mol. The van der Waals surface area contributed by atoms with E-state index in [1.165, 1.54) is 6.92 Å². The van der Waals surface area contributed by atoms with Gasteiger partial charge in [0, 0.05) is 11.3 Å². The van der Waals surface area contributed by atoms with E-state index in [2.05, 4.69) is 6.92 Å². The van der Waals surface area contributed by atoms with Crippen molar-refractivity contribution < 1.29 is 13.2 Å². The highest BCUT2D eigenvalue weighted by Gasteiger charge is 2.44. The molecule has 1 aliphatic carbocycles. The minimum atomic E-state index is -4.18. The number of alkyl halides is 3. The molecule has 16 heavy (non-hydrogen) atoms. The summed E-state index contributed by atoms with van der Waals surface area (Å²) in [6, 6.07) is -0.831. The molecule has 0 bridgehead atoms. The fraction of sp³-hybridized carbons (Fsp3) is 1.00. The molecule has 96 valence electrons. The molecule has 0 aromatic carbocycles. The fourth-order valence-electron chi connectivity index (χ4n) is 2.21. The Balaban J connectivity index is 2.54. The predicted octanol–water partition coefficient (Wildman–Crippen LogP) is 3.58. The second-order valence-corrected chi connectivity index (χ2v) is 6.30. The van der Waals surface area contributed by atoms with Gasteiger partial charge in [-0.1, -0.05) is 19.8 Å². The average Bonchev–Trinajstić information content (AvgIpc) is 2.12. The van der Waals surface area contributed by atoms with Gasteiger partial charge in [0.25, 0.3) is 0 Å². The number of halogens is 3. The van der Waals surface area contributed by atoms with Crippen LogP contribution in [0.1, 0.15) is 39.5 Å². The average molecular weight is 255 g/mol. The lowest BCUT2D eigenvalue weighted by Crippen LogP contribution is -2.42. The van der Waals surface area contributed by atoms with Gasteiger partial charge < -0.3 is 5.73 Å². The van der Waals surface area contributed by atoms with E-state index in [1.54, 1.807) is 0 Å². The van der Waals surface area contributed by atoms with Crippen molar-refractivity contribution in [2.24, 2.45) is 11.7 Å². The van der Waals surface area contributed by atoms with E-state index in [1.807, 2.05) is 0 Å². The summed E-state index contributed by atoms with van der Waals surface area (Å²) in [5.41, 5.74) is 5.43. The van der Waals surface area contributed by atoms with Gasteiger partial charge in [0.15, 0.2) is 0 Å². The Bertz CT molecular complexity index is 218. The van der Waals surface area contributed by atoms with E-state index in [0.29, 0.717) is 5.92 Å². The highest BCUT2D eigenvalue weighted by Crippen LogP contribution is 2.40. The number of thioether (sulfide) groups is 1. The molecule has 0 saturated heterocycles. The van der Waals surface area contributed by atoms with Crippen molar-refractivity contribution in [3.05, 3.63) is 0 Å². The molecule has 5 heteroatoms. The van der Waals surface area contributed by atoms with Crippen molar-refractivity contribution in [1.82, 2.24) is 0 Å². The van der Waals surface area contributed by atoms with E-state index in [9.17, 15) is 13.2 Å². The first-order valence-corrected chi connectivity index (χ1v) is 6.72. The number of rotatable bonds is 3. The summed E-state index contributed by atoms with van der Waals surface area (Å²) in [5, 5.41) is -1.29. The zero-order valence-corrected chi connectivity index (χ0v) is 10.6. The van der Waals surface area contributed by atoms with Gasteiger partial charge in [0.1, 0.15) is 5.25 Å². The Hall–Kier alpha value is 0.100. The summed E-state index contributed by atoms with van der Waals surface area (Å²) in [5.74, 6) is 0.549. The summed E-state index contributed by atoms with van der Waals surface area (Å²) in [4.78, 5) is 0. The second-order valence-electron chi connectivity index (χ2n) is 4.85. The Kier molecular flexibility index (Phi) is 4.98. The minimum Gasteiger partial charge on any atom is -0.327 e. The maximum absolute atomic E-state index is 12.7. The molecule has 2 N–H and O–H groups in total. The van der Waals surface area contributed by atoms with Crippen LogP contribution in [0.5, 0.6) is 0 Å². The molecule has 1 saturated carbocycles. The quantitative estimate of drug-likeness (QED) is 0.834. The molecule has 0 heterocycles. The standard InChI is InChI=1S/C11H20F3NS/c1-7-4-3-5-9(6-7)16-10(8(2)15)11(12,13)14/h7-10H,3-6,15H2,1-2H3. The SMILES string of the molecule is CC1CCCC(SC(C(C)N)C(F)(F)F)C1. The molecule has 1 nitrogen and oxygen atoms in total. The molecule has 4 atom stereocenters. The number of hydrogen-bond donors (Lipinski definition) is 1. The van der Waals surface area contributed by atoms with Crippen molar-refractivity contribution in [3.8, 4) is 0 Å². The molecular formula is C11H20F3NS. The molecule has 0 amide bonds. The van der Waals surface area contributed by atoms with Crippen LogP contribution in [-0.2, 0) is 0 Å². The van der Waals surface area contributed by atoms with Gasteiger partial charge in [-0.05, 0) is 25.7 Å². The van der Waals surface area contributed by atoms with Crippen LogP contribution in [-0.4, -0.2) is 22.7 Å². The van der Waals surface area contributed by atoms with Gasteiger partial charge in [-0.3, -0.25) is 0 Å². The van der Waals surface area contributed by atoms with Gasteiger partial charge in [-0.15, -0.1) is 11.8 Å². The lowest BCUT2D eigenvalue weighted by atomic mass is 9.91. The first-order chi connectivity index (χ1) is 7.30. The third kappa shape index (κ3) is 4.17. The van der Waals surface area contributed by atoms with E-state index < -0.39 is 17.5 Å². The van der Waals surface area contributed by atoms with Crippen molar-refractivity contribution in [3.63, 3.8) is 0 Å². The van der Waals surface area contributed by atoms with Crippen molar-refractivity contribution in [1.29, 1.82) is 0 Å².